The van der Waals surface area contributed by atoms with E-state index in [2.05, 4.69) is 29.4 Å². The van der Waals surface area contributed by atoms with Crippen molar-refractivity contribution in [1.29, 1.82) is 0 Å². The molecule has 4 nitrogen and oxygen atoms in total. The van der Waals surface area contributed by atoms with Gasteiger partial charge in [0, 0.05) is 18.6 Å². The van der Waals surface area contributed by atoms with Gasteiger partial charge >= 0.3 is 0 Å². The Bertz CT molecular complexity index is 575. The monoisotopic (exact) mass is 377 g/mol. The maximum atomic E-state index is 14.5. The number of amides is 1. The van der Waals surface area contributed by atoms with E-state index >= 15 is 0 Å². The number of nitrogens with zero attached hydrogens (tertiary/aromatic N) is 1. The maximum absolute atomic E-state index is 14.5. The van der Waals surface area contributed by atoms with Crippen molar-refractivity contribution in [2.24, 2.45) is 0 Å². The predicted octanol–water partition coefficient (Wildman–Crippen LogP) is 3.13. The molecule has 1 fully saturated rings. The average Bonchev–Trinajstić information content (AvgIpc) is 2.82. The average molecular weight is 378 g/mol. The van der Waals surface area contributed by atoms with Gasteiger partial charge in [0.15, 0.2) is 0 Å². The first kappa shape index (κ1) is 21.2. The van der Waals surface area contributed by atoms with Crippen LogP contribution in [0.25, 0.3) is 0 Å². The lowest BCUT2D eigenvalue weighted by Crippen LogP contribution is -2.39. The second-order valence-corrected chi connectivity index (χ2v) is 6.49. The molecule has 0 spiro atoms. The summed E-state index contributed by atoms with van der Waals surface area (Å²) >= 11 is 0. The Morgan fingerprint density at radius 2 is 1.96 bits per heavy atom. The zero-order valence-corrected chi connectivity index (χ0v) is 15.7. The highest BCUT2D eigenvalue weighted by molar-refractivity contribution is 5.92. The van der Waals surface area contributed by atoms with Crippen molar-refractivity contribution < 1.29 is 9.18 Å². The van der Waals surface area contributed by atoms with Crippen LogP contribution in [-0.2, 0) is 17.8 Å². The summed E-state index contributed by atoms with van der Waals surface area (Å²) in [4.78, 5) is 14.4. The van der Waals surface area contributed by atoms with E-state index in [-0.39, 0.29) is 36.5 Å². The van der Waals surface area contributed by atoms with Crippen molar-refractivity contribution in [1.82, 2.24) is 10.2 Å². The van der Waals surface area contributed by atoms with Crippen LogP contribution in [0, 0.1) is 5.82 Å². The Balaban J connectivity index is 0.00000144. The molecule has 7 heteroatoms. The minimum Gasteiger partial charge on any atom is -0.322 e. The maximum Gasteiger partial charge on any atom is 0.238 e. The third kappa shape index (κ3) is 4.39. The number of carbonyl (C=O) groups is 1. The second kappa shape index (κ2) is 8.99. The van der Waals surface area contributed by atoms with E-state index in [9.17, 15) is 9.18 Å². The van der Waals surface area contributed by atoms with Crippen molar-refractivity contribution in [2.75, 3.05) is 18.4 Å². The van der Waals surface area contributed by atoms with Gasteiger partial charge in [0.05, 0.1) is 12.2 Å². The van der Waals surface area contributed by atoms with Crippen molar-refractivity contribution in [3.05, 3.63) is 29.1 Å². The lowest BCUT2D eigenvalue weighted by molar-refractivity contribution is -0.117. The molecule has 24 heavy (non-hydrogen) atoms. The number of benzene rings is 1. The normalized spacial score (nSPS) is 23.0. The molecule has 2 N–H and O–H groups in total. The molecule has 2 unspecified atom stereocenters. The van der Waals surface area contributed by atoms with E-state index in [1.54, 1.807) is 6.07 Å². The standard InChI is InChI=1S/C17H24FN3O.2ClH/c1-11-3-4-12(2)21(11)10-16(22)20-15-6-5-13-9-19-8-7-14(13)17(15)18;;/h5-6,11-12,19H,3-4,7-10H2,1-2H3,(H,20,22);2*1H. The predicted molar refractivity (Wildman–Crippen MR) is 99.8 cm³/mol. The molecule has 1 saturated heterocycles. The fourth-order valence-electron chi connectivity index (χ4n) is 3.55. The first-order chi connectivity index (χ1) is 10.6. The lowest BCUT2D eigenvalue weighted by atomic mass is 9.99. The SMILES string of the molecule is CC1CCC(C)N1CC(=O)Nc1ccc2c(c1F)CCNC2.Cl.Cl. The summed E-state index contributed by atoms with van der Waals surface area (Å²) < 4.78 is 14.5. The number of likely N-dealkylation sites (tertiary alicyclic amines) is 1. The van der Waals surface area contributed by atoms with Gasteiger partial charge in [-0.2, -0.15) is 0 Å². The first-order valence-electron chi connectivity index (χ1n) is 8.13. The third-order valence-corrected chi connectivity index (χ3v) is 4.94. The zero-order chi connectivity index (χ0) is 15.7. The van der Waals surface area contributed by atoms with Crippen LogP contribution in [0.2, 0.25) is 0 Å². The molecule has 0 aromatic heterocycles. The van der Waals surface area contributed by atoms with Crippen LogP contribution in [0.4, 0.5) is 10.1 Å². The Kier molecular flexibility index (Phi) is 7.93. The van der Waals surface area contributed by atoms with Gasteiger partial charge in [-0.3, -0.25) is 9.69 Å². The molecule has 2 aliphatic rings. The van der Waals surface area contributed by atoms with Crippen molar-refractivity contribution in [3.8, 4) is 0 Å². The first-order valence-corrected chi connectivity index (χ1v) is 8.13. The number of fused-ring (bicyclic) bond motifs is 1. The molecule has 1 amide bonds. The molecule has 1 aromatic carbocycles. The van der Waals surface area contributed by atoms with Crippen LogP contribution in [0.1, 0.15) is 37.8 Å². The number of nitrogens with one attached hydrogen (secondary N) is 2. The molecule has 0 saturated carbocycles. The molecule has 0 radical (unpaired) electrons. The minimum atomic E-state index is -0.269. The smallest absolute Gasteiger partial charge is 0.238 e. The molecular weight excluding hydrogens is 352 g/mol. The summed E-state index contributed by atoms with van der Waals surface area (Å²) in [6.45, 7) is 6.10. The molecule has 3 rings (SSSR count). The summed E-state index contributed by atoms with van der Waals surface area (Å²) in [5.41, 5.74) is 2.04. The van der Waals surface area contributed by atoms with Crippen molar-refractivity contribution >= 4 is 36.4 Å². The molecule has 0 aliphatic carbocycles. The van der Waals surface area contributed by atoms with E-state index in [1.807, 2.05) is 6.07 Å². The van der Waals surface area contributed by atoms with E-state index in [1.165, 1.54) is 0 Å². The Hall–Kier alpha value is -0.880. The quantitative estimate of drug-likeness (QED) is 0.850. The van der Waals surface area contributed by atoms with Crippen LogP contribution >= 0.6 is 24.8 Å². The molecule has 1 aromatic rings. The van der Waals surface area contributed by atoms with Gasteiger partial charge in [-0.25, -0.2) is 4.39 Å². The highest BCUT2D eigenvalue weighted by Gasteiger charge is 2.29. The number of halogens is 3. The number of carbonyl (C=O) groups excluding carboxylic acids is 1. The number of rotatable bonds is 3. The Labute approximate surface area is 155 Å². The summed E-state index contributed by atoms with van der Waals surface area (Å²) in [6.07, 6.45) is 2.91. The summed E-state index contributed by atoms with van der Waals surface area (Å²) in [6, 6.07) is 4.41. The zero-order valence-electron chi connectivity index (χ0n) is 14.1. The number of hydrogen-bond acceptors (Lipinski definition) is 3. The van der Waals surface area contributed by atoms with E-state index in [0.717, 1.165) is 30.5 Å². The Morgan fingerprint density at radius 3 is 2.62 bits per heavy atom. The van der Waals surface area contributed by atoms with Gasteiger partial charge < -0.3 is 10.6 Å². The molecule has 2 atom stereocenters. The largest absolute Gasteiger partial charge is 0.322 e. The van der Waals surface area contributed by atoms with Crippen LogP contribution in [0.3, 0.4) is 0 Å². The lowest BCUT2D eigenvalue weighted by Gasteiger charge is -2.25. The summed E-state index contributed by atoms with van der Waals surface area (Å²) in [5, 5.41) is 5.98. The number of hydrogen-bond donors (Lipinski definition) is 2. The fourth-order valence-corrected chi connectivity index (χ4v) is 3.55. The van der Waals surface area contributed by atoms with E-state index in [4.69, 9.17) is 0 Å². The second-order valence-electron chi connectivity index (χ2n) is 6.49. The van der Waals surface area contributed by atoms with E-state index in [0.29, 0.717) is 37.3 Å². The van der Waals surface area contributed by atoms with Gasteiger partial charge in [-0.15, -0.1) is 24.8 Å². The van der Waals surface area contributed by atoms with Crippen LogP contribution in [0.15, 0.2) is 12.1 Å². The van der Waals surface area contributed by atoms with Gasteiger partial charge in [0.2, 0.25) is 5.91 Å². The topological polar surface area (TPSA) is 44.4 Å². The van der Waals surface area contributed by atoms with Crippen molar-refractivity contribution in [2.45, 2.75) is 51.7 Å². The molecule has 2 aliphatic heterocycles. The highest BCUT2D eigenvalue weighted by atomic mass is 35.5. The van der Waals surface area contributed by atoms with Gasteiger partial charge in [-0.05, 0) is 56.8 Å². The van der Waals surface area contributed by atoms with Crippen LogP contribution in [-0.4, -0.2) is 36.0 Å². The van der Waals surface area contributed by atoms with Gasteiger partial charge in [-0.1, -0.05) is 6.07 Å². The third-order valence-electron chi connectivity index (χ3n) is 4.94. The fraction of sp³-hybridized carbons (Fsp3) is 0.588. The highest BCUT2D eigenvalue weighted by Crippen LogP contribution is 2.26. The molecule has 136 valence electrons. The molecular formula is C17H26Cl2FN3O. The summed E-state index contributed by atoms with van der Waals surface area (Å²) in [5.74, 6) is -0.400. The Morgan fingerprint density at radius 1 is 1.29 bits per heavy atom. The van der Waals surface area contributed by atoms with Gasteiger partial charge in [0.25, 0.3) is 0 Å². The van der Waals surface area contributed by atoms with Gasteiger partial charge in [0.1, 0.15) is 5.82 Å². The minimum absolute atomic E-state index is 0. The van der Waals surface area contributed by atoms with Crippen LogP contribution < -0.4 is 10.6 Å². The van der Waals surface area contributed by atoms with Crippen molar-refractivity contribution in [3.63, 3.8) is 0 Å². The van der Waals surface area contributed by atoms with E-state index < -0.39 is 0 Å². The molecule has 2 heterocycles. The summed E-state index contributed by atoms with van der Waals surface area (Å²) in [7, 11) is 0. The molecule has 0 bridgehead atoms. The number of anilines is 1. The van der Waals surface area contributed by atoms with Crippen LogP contribution in [0.5, 0.6) is 0 Å².